The van der Waals surface area contributed by atoms with Crippen molar-refractivity contribution in [2.24, 2.45) is 0 Å². The van der Waals surface area contributed by atoms with E-state index in [1.54, 1.807) is 4.90 Å². The molecule has 0 unspecified atom stereocenters. The van der Waals surface area contributed by atoms with Crippen LogP contribution in [0.3, 0.4) is 0 Å². The molecule has 1 heterocycles. The molecule has 1 aromatic carbocycles. The molecule has 9 heteroatoms. The van der Waals surface area contributed by atoms with Crippen molar-refractivity contribution in [2.45, 2.75) is 18.8 Å². The van der Waals surface area contributed by atoms with Crippen molar-refractivity contribution >= 4 is 0 Å². The maximum Gasteiger partial charge on any atom is 0.573 e. The number of ether oxygens (including phenoxy) is 2. The predicted octanol–water partition coefficient (Wildman–Crippen LogP) is 2.81. The second-order valence-corrected chi connectivity index (χ2v) is 5.02. The molecule has 0 amide bonds. The summed E-state index contributed by atoms with van der Waals surface area (Å²) in [5, 5.41) is 3.06. The van der Waals surface area contributed by atoms with Gasteiger partial charge in [0.15, 0.2) is 0 Å². The molecule has 0 bridgehead atoms. The van der Waals surface area contributed by atoms with Gasteiger partial charge in [-0.1, -0.05) is 0 Å². The normalized spacial score (nSPS) is 18.0. The highest BCUT2D eigenvalue weighted by Crippen LogP contribution is 2.37. The Morgan fingerprint density at radius 1 is 1.17 bits per heavy atom. The van der Waals surface area contributed by atoms with Crippen molar-refractivity contribution in [1.29, 1.82) is 0 Å². The standard InChI is InChI=1S/C14H17F5N2O2/c1-22-11-8-9(23-14(17,18)19)2-3-10(11)12(13(15)16)21-6-4-20-5-7-21/h2-3,8,12-13,20H,4-7H2,1H3/t12-/m1/s1. The third-order valence-electron chi connectivity index (χ3n) is 3.54. The van der Waals surface area contributed by atoms with E-state index in [0.717, 1.165) is 12.1 Å². The van der Waals surface area contributed by atoms with Gasteiger partial charge in [-0.2, -0.15) is 0 Å². The Hall–Kier alpha value is -1.61. The minimum absolute atomic E-state index is 0.0596. The zero-order valence-corrected chi connectivity index (χ0v) is 12.4. The molecule has 0 aliphatic carbocycles. The van der Waals surface area contributed by atoms with E-state index >= 15 is 0 Å². The van der Waals surface area contributed by atoms with Gasteiger partial charge >= 0.3 is 6.36 Å². The molecule has 130 valence electrons. The summed E-state index contributed by atoms with van der Waals surface area (Å²) in [6, 6.07) is 1.94. The molecule has 1 saturated heterocycles. The van der Waals surface area contributed by atoms with E-state index in [1.807, 2.05) is 0 Å². The molecule has 1 N–H and O–H groups in total. The smallest absolute Gasteiger partial charge is 0.496 e. The number of hydrogen-bond acceptors (Lipinski definition) is 4. The predicted molar refractivity (Wildman–Crippen MR) is 72.9 cm³/mol. The number of rotatable bonds is 5. The highest BCUT2D eigenvalue weighted by atomic mass is 19.4. The topological polar surface area (TPSA) is 33.7 Å². The second kappa shape index (κ2) is 7.31. The van der Waals surface area contributed by atoms with Gasteiger partial charge in [0.1, 0.15) is 11.5 Å². The number of nitrogens with one attached hydrogen (secondary N) is 1. The Morgan fingerprint density at radius 2 is 1.83 bits per heavy atom. The molecule has 2 rings (SSSR count). The van der Waals surface area contributed by atoms with E-state index < -0.39 is 24.6 Å². The Labute approximate surface area is 130 Å². The maximum atomic E-state index is 13.5. The van der Waals surface area contributed by atoms with Crippen molar-refractivity contribution in [1.82, 2.24) is 10.2 Å². The van der Waals surface area contributed by atoms with Crippen molar-refractivity contribution in [3.63, 3.8) is 0 Å². The molecule has 1 atom stereocenters. The third-order valence-corrected chi connectivity index (χ3v) is 3.54. The molecule has 0 aromatic heterocycles. The number of methoxy groups -OCH3 is 1. The maximum absolute atomic E-state index is 13.5. The van der Waals surface area contributed by atoms with Crippen molar-refractivity contribution < 1.29 is 31.4 Å². The molecule has 1 aliphatic rings. The first-order valence-corrected chi connectivity index (χ1v) is 6.98. The molecule has 4 nitrogen and oxygen atoms in total. The summed E-state index contributed by atoms with van der Waals surface area (Å²) < 4.78 is 72.6. The molecular weight excluding hydrogens is 323 g/mol. The minimum atomic E-state index is -4.85. The Kier molecular flexibility index (Phi) is 5.64. The first-order chi connectivity index (χ1) is 10.8. The first kappa shape index (κ1) is 17.7. The molecule has 23 heavy (non-hydrogen) atoms. The lowest BCUT2D eigenvalue weighted by atomic mass is 10.0. The average molecular weight is 340 g/mol. The SMILES string of the molecule is COc1cc(OC(F)(F)F)ccc1[C@H](C(F)F)N1CCNCC1. The number of alkyl halides is 5. The van der Waals surface area contributed by atoms with Crippen LogP contribution in [0.1, 0.15) is 11.6 Å². The van der Waals surface area contributed by atoms with Gasteiger partial charge < -0.3 is 14.8 Å². The van der Waals surface area contributed by atoms with Gasteiger partial charge in [-0.25, -0.2) is 8.78 Å². The summed E-state index contributed by atoms with van der Waals surface area (Å²) >= 11 is 0. The van der Waals surface area contributed by atoms with Crippen molar-refractivity contribution in [3.8, 4) is 11.5 Å². The van der Waals surface area contributed by atoms with Gasteiger partial charge in [-0.05, 0) is 12.1 Å². The Bertz CT molecular complexity index is 518. The quantitative estimate of drug-likeness (QED) is 0.836. The molecule has 0 spiro atoms. The van der Waals surface area contributed by atoms with Gasteiger partial charge in [0, 0.05) is 37.8 Å². The van der Waals surface area contributed by atoms with E-state index in [1.165, 1.54) is 13.2 Å². The summed E-state index contributed by atoms with van der Waals surface area (Å²) in [6.07, 6.45) is -7.55. The van der Waals surface area contributed by atoms with Crippen LogP contribution >= 0.6 is 0 Å². The minimum Gasteiger partial charge on any atom is -0.496 e. The fourth-order valence-electron chi connectivity index (χ4n) is 2.59. The van der Waals surface area contributed by atoms with Crippen LogP contribution in [0.15, 0.2) is 18.2 Å². The molecule has 0 radical (unpaired) electrons. The van der Waals surface area contributed by atoms with Gasteiger partial charge in [0.25, 0.3) is 6.43 Å². The van der Waals surface area contributed by atoms with Crippen LogP contribution in [-0.2, 0) is 0 Å². The fraction of sp³-hybridized carbons (Fsp3) is 0.571. The van der Waals surface area contributed by atoms with Crippen LogP contribution in [0.4, 0.5) is 22.0 Å². The van der Waals surface area contributed by atoms with E-state index in [4.69, 9.17) is 4.74 Å². The monoisotopic (exact) mass is 340 g/mol. The fourth-order valence-corrected chi connectivity index (χ4v) is 2.59. The van der Waals surface area contributed by atoms with Crippen LogP contribution in [0.2, 0.25) is 0 Å². The highest BCUT2D eigenvalue weighted by molar-refractivity contribution is 5.43. The number of halogens is 5. The molecular formula is C14H17F5N2O2. The largest absolute Gasteiger partial charge is 0.573 e. The number of hydrogen-bond donors (Lipinski definition) is 1. The van der Waals surface area contributed by atoms with Crippen molar-refractivity contribution in [2.75, 3.05) is 33.3 Å². The van der Waals surface area contributed by atoms with Gasteiger partial charge in [0.05, 0.1) is 13.2 Å². The summed E-state index contributed by atoms with van der Waals surface area (Å²) in [5.74, 6) is -0.568. The lowest BCUT2D eigenvalue weighted by Gasteiger charge is -2.35. The van der Waals surface area contributed by atoms with Gasteiger partial charge in [0.2, 0.25) is 0 Å². The summed E-state index contributed by atoms with van der Waals surface area (Å²) in [7, 11) is 1.22. The number of nitrogens with zero attached hydrogens (tertiary/aromatic N) is 1. The van der Waals surface area contributed by atoms with Gasteiger partial charge in [-0.3, -0.25) is 4.90 Å². The summed E-state index contributed by atoms with van der Waals surface area (Å²) in [6.45, 7) is 1.97. The van der Waals surface area contributed by atoms with Crippen LogP contribution in [0.25, 0.3) is 0 Å². The van der Waals surface area contributed by atoms with Crippen LogP contribution < -0.4 is 14.8 Å². The summed E-state index contributed by atoms with van der Waals surface area (Å²) in [4.78, 5) is 1.59. The lowest BCUT2D eigenvalue weighted by Crippen LogP contribution is -2.47. The highest BCUT2D eigenvalue weighted by Gasteiger charge is 2.34. The Balaban J connectivity index is 2.31. The van der Waals surface area contributed by atoms with E-state index in [-0.39, 0.29) is 11.3 Å². The van der Waals surface area contributed by atoms with Gasteiger partial charge in [-0.15, -0.1) is 13.2 Å². The molecule has 0 saturated carbocycles. The van der Waals surface area contributed by atoms with Crippen LogP contribution in [0.5, 0.6) is 11.5 Å². The van der Waals surface area contributed by atoms with Crippen molar-refractivity contribution in [3.05, 3.63) is 23.8 Å². The zero-order chi connectivity index (χ0) is 17.0. The lowest BCUT2D eigenvalue weighted by molar-refractivity contribution is -0.274. The van der Waals surface area contributed by atoms with Crippen LogP contribution in [0, 0.1) is 0 Å². The zero-order valence-electron chi connectivity index (χ0n) is 12.4. The Morgan fingerprint density at radius 3 is 2.35 bits per heavy atom. The molecule has 1 fully saturated rings. The average Bonchev–Trinajstić information content (AvgIpc) is 2.48. The third kappa shape index (κ3) is 4.68. The molecule has 1 aliphatic heterocycles. The molecule has 1 aromatic rings. The van der Waals surface area contributed by atoms with E-state index in [0.29, 0.717) is 26.2 Å². The van der Waals surface area contributed by atoms with E-state index in [9.17, 15) is 22.0 Å². The number of benzene rings is 1. The first-order valence-electron chi connectivity index (χ1n) is 6.98. The van der Waals surface area contributed by atoms with E-state index in [2.05, 4.69) is 10.1 Å². The summed E-state index contributed by atoms with van der Waals surface area (Å²) in [5.41, 5.74) is 0.138. The van der Waals surface area contributed by atoms with Crippen LogP contribution in [-0.4, -0.2) is 51.0 Å². The second-order valence-electron chi connectivity index (χ2n) is 5.02. The number of piperazine rings is 1.